The average molecular weight is 237 g/mol. The van der Waals surface area contributed by atoms with E-state index in [0.29, 0.717) is 0 Å². The number of carbonyl (C=O) groups is 1. The molecule has 0 saturated carbocycles. The van der Waals surface area contributed by atoms with Crippen LogP contribution in [0.2, 0.25) is 0 Å². The maximum Gasteiger partial charge on any atom is 0.325 e. The van der Waals surface area contributed by atoms with Crippen LogP contribution in [0.3, 0.4) is 0 Å². The molecule has 1 aromatic rings. The molecule has 0 N–H and O–H groups in total. The van der Waals surface area contributed by atoms with E-state index in [1.807, 2.05) is 30.1 Å². The average Bonchev–Trinajstić information content (AvgIpc) is 2.37. The molecule has 0 saturated heterocycles. The molecule has 17 heavy (non-hydrogen) atoms. The van der Waals surface area contributed by atoms with E-state index in [4.69, 9.17) is 4.74 Å². The molecule has 0 heterocycles. The van der Waals surface area contributed by atoms with Crippen molar-refractivity contribution in [3.8, 4) is 5.75 Å². The Hall–Kier alpha value is -1.71. The predicted molar refractivity (Wildman–Crippen MR) is 67.7 cm³/mol. The first kappa shape index (κ1) is 13.4. The van der Waals surface area contributed by atoms with Gasteiger partial charge in [-0.25, -0.2) is 0 Å². The van der Waals surface area contributed by atoms with Crippen LogP contribution in [0.25, 0.3) is 0 Å². The molecule has 94 valence electrons. The van der Waals surface area contributed by atoms with Crippen LogP contribution >= 0.6 is 0 Å². The summed E-state index contributed by atoms with van der Waals surface area (Å²) in [6.07, 6.45) is 0.892. The van der Waals surface area contributed by atoms with Gasteiger partial charge in [0, 0.05) is 12.7 Å². The van der Waals surface area contributed by atoms with E-state index < -0.39 is 0 Å². The van der Waals surface area contributed by atoms with Gasteiger partial charge in [-0.1, -0.05) is 6.92 Å². The lowest BCUT2D eigenvalue weighted by Gasteiger charge is -2.19. The third-order valence-electron chi connectivity index (χ3n) is 2.68. The van der Waals surface area contributed by atoms with E-state index in [9.17, 15) is 4.79 Å². The Kier molecular flexibility index (Phi) is 4.82. The lowest BCUT2D eigenvalue weighted by molar-refractivity contribution is -0.138. The summed E-state index contributed by atoms with van der Waals surface area (Å²) in [6.45, 7) is 2.31. The standard InChI is InChI=1S/C13H19NO3/c1-5-10-8-11(6-7-12(10)16-3)14(2)9-13(15)17-4/h6-8H,5,9H2,1-4H3. The maximum atomic E-state index is 11.2. The quantitative estimate of drug-likeness (QED) is 0.733. The first-order chi connectivity index (χ1) is 8.12. The second-order valence-electron chi connectivity index (χ2n) is 3.78. The number of aryl methyl sites for hydroxylation is 1. The fourth-order valence-electron chi connectivity index (χ4n) is 1.63. The summed E-state index contributed by atoms with van der Waals surface area (Å²) in [5, 5.41) is 0. The Morgan fingerprint density at radius 3 is 2.59 bits per heavy atom. The number of esters is 1. The van der Waals surface area contributed by atoms with Gasteiger partial charge < -0.3 is 14.4 Å². The van der Waals surface area contributed by atoms with Gasteiger partial charge >= 0.3 is 5.97 Å². The number of likely N-dealkylation sites (N-methyl/N-ethyl adjacent to an activating group) is 1. The predicted octanol–water partition coefficient (Wildman–Crippen LogP) is 1.87. The van der Waals surface area contributed by atoms with E-state index in [2.05, 4.69) is 11.7 Å². The highest BCUT2D eigenvalue weighted by molar-refractivity contribution is 5.75. The van der Waals surface area contributed by atoms with Gasteiger partial charge in [0.2, 0.25) is 0 Å². The molecule has 0 amide bonds. The van der Waals surface area contributed by atoms with E-state index in [-0.39, 0.29) is 12.5 Å². The monoisotopic (exact) mass is 237 g/mol. The number of hydrogen-bond acceptors (Lipinski definition) is 4. The van der Waals surface area contributed by atoms with Gasteiger partial charge in [-0.3, -0.25) is 4.79 Å². The second-order valence-corrected chi connectivity index (χ2v) is 3.78. The van der Waals surface area contributed by atoms with Crippen LogP contribution in [0.5, 0.6) is 5.75 Å². The zero-order valence-corrected chi connectivity index (χ0v) is 10.8. The van der Waals surface area contributed by atoms with E-state index in [1.54, 1.807) is 7.11 Å². The van der Waals surface area contributed by atoms with Gasteiger partial charge in [-0.15, -0.1) is 0 Å². The van der Waals surface area contributed by atoms with E-state index in [0.717, 1.165) is 23.4 Å². The molecular weight excluding hydrogens is 218 g/mol. The summed E-state index contributed by atoms with van der Waals surface area (Å²) in [6, 6.07) is 5.88. The number of benzene rings is 1. The van der Waals surface area contributed by atoms with Crippen LogP contribution in [0.15, 0.2) is 18.2 Å². The van der Waals surface area contributed by atoms with Crippen molar-refractivity contribution in [3.63, 3.8) is 0 Å². The van der Waals surface area contributed by atoms with Crippen molar-refractivity contribution >= 4 is 11.7 Å². The molecule has 1 aromatic carbocycles. The van der Waals surface area contributed by atoms with Crippen LogP contribution in [-0.2, 0) is 16.0 Å². The summed E-state index contributed by atoms with van der Waals surface area (Å²) in [5.74, 6) is 0.629. The number of hydrogen-bond donors (Lipinski definition) is 0. The molecule has 4 heteroatoms. The molecule has 0 aliphatic carbocycles. The van der Waals surface area contributed by atoms with E-state index >= 15 is 0 Å². The zero-order valence-electron chi connectivity index (χ0n) is 10.8. The van der Waals surface area contributed by atoms with Gasteiger partial charge in [-0.2, -0.15) is 0 Å². The first-order valence-electron chi connectivity index (χ1n) is 5.57. The summed E-state index contributed by atoms with van der Waals surface area (Å²) < 4.78 is 9.90. The number of ether oxygens (including phenoxy) is 2. The van der Waals surface area contributed by atoms with Gasteiger partial charge in [0.25, 0.3) is 0 Å². The van der Waals surface area contributed by atoms with Gasteiger partial charge in [0.15, 0.2) is 0 Å². The smallest absolute Gasteiger partial charge is 0.325 e. The Bertz CT molecular complexity index is 390. The van der Waals surface area contributed by atoms with Crippen molar-refractivity contribution < 1.29 is 14.3 Å². The summed E-state index contributed by atoms with van der Waals surface area (Å²) in [4.78, 5) is 13.0. The second kappa shape index (κ2) is 6.13. The minimum Gasteiger partial charge on any atom is -0.496 e. The van der Waals surface area contributed by atoms with Crippen LogP contribution in [0.1, 0.15) is 12.5 Å². The Labute approximate surface area is 102 Å². The zero-order chi connectivity index (χ0) is 12.8. The largest absolute Gasteiger partial charge is 0.496 e. The first-order valence-corrected chi connectivity index (χ1v) is 5.57. The summed E-state index contributed by atoms with van der Waals surface area (Å²) in [7, 11) is 4.91. The normalized spacial score (nSPS) is 9.88. The molecule has 0 atom stereocenters. The molecule has 1 rings (SSSR count). The van der Waals surface area contributed by atoms with Crippen LogP contribution in [0, 0.1) is 0 Å². The van der Waals surface area contributed by atoms with Crippen molar-refractivity contribution in [2.24, 2.45) is 0 Å². The van der Waals surface area contributed by atoms with Gasteiger partial charge in [0.05, 0.1) is 14.2 Å². The Morgan fingerprint density at radius 2 is 2.06 bits per heavy atom. The fraction of sp³-hybridized carbons (Fsp3) is 0.462. The molecule has 0 unspecified atom stereocenters. The summed E-state index contributed by atoms with van der Waals surface area (Å²) >= 11 is 0. The number of carbonyl (C=O) groups excluding carboxylic acids is 1. The molecule has 0 fully saturated rings. The molecule has 0 aliphatic rings. The molecule has 0 spiro atoms. The van der Waals surface area contributed by atoms with Gasteiger partial charge in [-0.05, 0) is 30.2 Å². The van der Waals surface area contributed by atoms with E-state index in [1.165, 1.54) is 7.11 Å². The Balaban J connectivity index is 2.87. The van der Waals surface area contributed by atoms with Crippen LogP contribution in [-0.4, -0.2) is 33.8 Å². The van der Waals surface area contributed by atoms with Crippen LogP contribution in [0.4, 0.5) is 5.69 Å². The molecule has 4 nitrogen and oxygen atoms in total. The molecular formula is C13H19NO3. The fourth-order valence-corrected chi connectivity index (χ4v) is 1.63. The highest BCUT2D eigenvalue weighted by atomic mass is 16.5. The Morgan fingerprint density at radius 1 is 1.35 bits per heavy atom. The lowest BCUT2D eigenvalue weighted by Crippen LogP contribution is -2.26. The number of methoxy groups -OCH3 is 2. The topological polar surface area (TPSA) is 38.8 Å². The maximum absolute atomic E-state index is 11.2. The molecule has 0 aromatic heterocycles. The minimum atomic E-state index is -0.249. The molecule has 0 aliphatic heterocycles. The number of anilines is 1. The summed E-state index contributed by atoms with van der Waals surface area (Å²) in [5.41, 5.74) is 2.11. The molecule has 0 bridgehead atoms. The minimum absolute atomic E-state index is 0.242. The van der Waals surface area contributed by atoms with Gasteiger partial charge in [0.1, 0.15) is 12.3 Å². The van der Waals surface area contributed by atoms with Crippen LogP contribution < -0.4 is 9.64 Å². The highest BCUT2D eigenvalue weighted by Gasteiger charge is 2.09. The lowest BCUT2D eigenvalue weighted by atomic mass is 10.1. The third-order valence-corrected chi connectivity index (χ3v) is 2.68. The van der Waals surface area contributed by atoms with Crippen molar-refractivity contribution in [3.05, 3.63) is 23.8 Å². The SMILES string of the molecule is CCc1cc(N(C)CC(=O)OC)ccc1OC. The number of rotatable bonds is 5. The van der Waals surface area contributed by atoms with Crippen molar-refractivity contribution in [1.29, 1.82) is 0 Å². The highest BCUT2D eigenvalue weighted by Crippen LogP contribution is 2.24. The van der Waals surface area contributed by atoms with Crippen molar-refractivity contribution in [2.75, 3.05) is 32.7 Å². The van der Waals surface area contributed by atoms with Crippen molar-refractivity contribution in [2.45, 2.75) is 13.3 Å². The number of nitrogens with zero attached hydrogens (tertiary/aromatic N) is 1. The third kappa shape index (κ3) is 3.37. The van der Waals surface area contributed by atoms with Crippen molar-refractivity contribution in [1.82, 2.24) is 0 Å². The molecule has 0 radical (unpaired) electrons.